The Balaban J connectivity index is 2.89. The molecule has 1 unspecified atom stereocenters. The molecule has 0 aliphatic carbocycles. The number of anilines is 1. The maximum atomic E-state index is 13.9. The van der Waals surface area contributed by atoms with Gasteiger partial charge in [-0.1, -0.05) is 6.92 Å². The van der Waals surface area contributed by atoms with Crippen molar-refractivity contribution in [1.82, 2.24) is 4.90 Å². The molecule has 1 aromatic carbocycles. The van der Waals surface area contributed by atoms with Crippen LogP contribution in [0.15, 0.2) is 18.2 Å². The molecule has 118 valence electrons. The molecule has 4 nitrogen and oxygen atoms in total. The molecule has 0 heterocycles. The summed E-state index contributed by atoms with van der Waals surface area (Å²) >= 11 is 0. The van der Waals surface area contributed by atoms with Crippen LogP contribution in [-0.4, -0.2) is 49.7 Å². The van der Waals surface area contributed by atoms with Gasteiger partial charge < -0.3 is 14.9 Å². The van der Waals surface area contributed by atoms with Crippen molar-refractivity contribution < 1.29 is 18.7 Å². The van der Waals surface area contributed by atoms with Crippen LogP contribution in [-0.2, 0) is 4.79 Å². The van der Waals surface area contributed by atoms with Gasteiger partial charge in [-0.15, -0.1) is 0 Å². The van der Waals surface area contributed by atoms with Crippen molar-refractivity contribution in [3.63, 3.8) is 0 Å². The molecule has 0 radical (unpaired) electrons. The number of rotatable bonds is 8. The first-order valence-electron chi connectivity index (χ1n) is 6.88. The van der Waals surface area contributed by atoms with Crippen LogP contribution >= 0.6 is 0 Å². The van der Waals surface area contributed by atoms with Gasteiger partial charge in [0.15, 0.2) is 0 Å². The molecule has 6 heteroatoms. The molecule has 1 N–H and O–H groups in total. The highest BCUT2D eigenvalue weighted by molar-refractivity contribution is 5.70. The minimum atomic E-state index is -0.954. The topological polar surface area (TPSA) is 43.8 Å². The van der Waals surface area contributed by atoms with E-state index < -0.39 is 23.5 Å². The van der Waals surface area contributed by atoms with Gasteiger partial charge >= 0.3 is 5.97 Å². The standard InChI is InChI=1S/C15H22F2N2O2/c1-11(15(20)21)10-19(8-4-7-18(2)3)14-9-12(16)5-6-13(14)17/h5-6,9,11H,4,7-8,10H2,1-3H3,(H,20,21). The second-order valence-corrected chi connectivity index (χ2v) is 5.44. The molecule has 0 aromatic heterocycles. The zero-order valence-corrected chi connectivity index (χ0v) is 12.6. The number of carboxylic acids is 1. The van der Waals surface area contributed by atoms with Gasteiger partial charge in [-0.3, -0.25) is 4.79 Å². The summed E-state index contributed by atoms with van der Waals surface area (Å²) in [6.07, 6.45) is 0.731. The van der Waals surface area contributed by atoms with Crippen molar-refractivity contribution in [3.8, 4) is 0 Å². The van der Waals surface area contributed by atoms with Crippen molar-refractivity contribution in [1.29, 1.82) is 0 Å². The summed E-state index contributed by atoms with van der Waals surface area (Å²) in [4.78, 5) is 14.6. The lowest BCUT2D eigenvalue weighted by Gasteiger charge is -2.27. The number of halogens is 2. The van der Waals surface area contributed by atoms with Crippen LogP contribution in [0.4, 0.5) is 14.5 Å². The third-order valence-electron chi connectivity index (χ3n) is 3.20. The molecule has 1 aromatic rings. The normalized spacial score (nSPS) is 12.5. The lowest BCUT2D eigenvalue weighted by Crippen LogP contribution is -2.34. The fourth-order valence-corrected chi connectivity index (χ4v) is 2.02. The lowest BCUT2D eigenvalue weighted by atomic mass is 10.1. The number of carboxylic acid groups (broad SMARTS) is 1. The molecular weight excluding hydrogens is 278 g/mol. The van der Waals surface area contributed by atoms with Crippen LogP contribution in [0.3, 0.4) is 0 Å². The van der Waals surface area contributed by atoms with E-state index in [1.807, 2.05) is 19.0 Å². The van der Waals surface area contributed by atoms with Crippen LogP contribution in [0.25, 0.3) is 0 Å². The Bertz CT molecular complexity index is 481. The smallest absolute Gasteiger partial charge is 0.308 e. The maximum Gasteiger partial charge on any atom is 0.308 e. The van der Waals surface area contributed by atoms with E-state index >= 15 is 0 Å². The Kier molecular flexibility index (Phi) is 6.55. The van der Waals surface area contributed by atoms with Crippen LogP contribution < -0.4 is 4.90 Å². The fourth-order valence-electron chi connectivity index (χ4n) is 2.02. The van der Waals surface area contributed by atoms with Crippen molar-refractivity contribution in [2.24, 2.45) is 5.92 Å². The van der Waals surface area contributed by atoms with E-state index in [9.17, 15) is 13.6 Å². The molecule has 21 heavy (non-hydrogen) atoms. The molecule has 0 aliphatic rings. The number of carbonyl (C=O) groups is 1. The first kappa shape index (κ1) is 17.4. The van der Waals surface area contributed by atoms with Crippen molar-refractivity contribution >= 4 is 11.7 Å². The Labute approximate surface area is 124 Å². The molecule has 1 atom stereocenters. The molecule has 0 bridgehead atoms. The fraction of sp³-hybridized carbons (Fsp3) is 0.533. The Morgan fingerprint density at radius 1 is 1.29 bits per heavy atom. The first-order chi connectivity index (χ1) is 9.81. The van der Waals surface area contributed by atoms with E-state index in [-0.39, 0.29) is 12.2 Å². The largest absolute Gasteiger partial charge is 0.481 e. The first-order valence-corrected chi connectivity index (χ1v) is 6.88. The maximum absolute atomic E-state index is 13.9. The Hall–Kier alpha value is -1.69. The quantitative estimate of drug-likeness (QED) is 0.801. The van der Waals surface area contributed by atoms with Crippen molar-refractivity contribution in [2.45, 2.75) is 13.3 Å². The summed E-state index contributed by atoms with van der Waals surface area (Å²) in [5.74, 6) is -2.69. The van der Waals surface area contributed by atoms with E-state index in [4.69, 9.17) is 5.11 Å². The molecule has 0 fully saturated rings. The van der Waals surface area contributed by atoms with Crippen LogP contribution in [0.2, 0.25) is 0 Å². The minimum absolute atomic E-state index is 0.113. The third-order valence-corrected chi connectivity index (χ3v) is 3.20. The molecular formula is C15H22F2N2O2. The van der Waals surface area contributed by atoms with Gasteiger partial charge in [-0.05, 0) is 39.2 Å². The summed E-state index contributed by atoms with van der Waals surface area (Å²) in [6.45, 7) is 2.95. The summed E-state index contributed by atoms with van der Waals surface area (Å²) < 4.78 is 27.2. The monoisotopic (exact) mass is 300 g/mol. The van der Waals surface area contributed by atoms with E-state index in [1.54, 1.807) is 11.8 Å². The highest BCUT2D eigenvalue weighted by atomic mass is 19.1. The Morgan fingerprint density at radius 2 is 1.95 bits per heavy atom. The third kappa shape index (κ3) is 5.67. The number of aliphatic carboxylic acids is 1. The number of hydrogen-bond donors (Lipinski definition) is 1. The highest BCUT2D eigenvalue weighted by Crippen LogP contribution is 2.22. The summed E-state index contributed by atoms with van der Waals surface area (Å²) in [5.41, 5.74) is 0.113. The molecule has 1 rings (SSSR count). The predicted octanol–water partition coefficient (Wildman–Crippen LogP) is 2.44. The SMILES string of the molecule is CC(CN(CCCN(C)C)c1cc(F)ccc1F)C(=O)O. The second-order valence-electron chi connectivity index (χ2n) is 5.44. The molecule has 0 spiro atoms. The molecule has 0 amide bonds. The average Bonchev–Trinajstić information content (AvgIpc) is 2.39. The van der Waals surface area contributed by atoms with Gasteiger partial charge in [0.05, 0.1) is 11.6 Å². The van der Waals surface area contributed by atoms with Gasteiger partial charge in [-0.2, -0.15) is 0 Å². The minimum Gasteiger partial charge on any atom is -0.481 e. The van der Waals surface area contributed by atoms with Gasteiger partial charge in [0.1, 0.15) is 11.6 Å². The van der Waals surface area contributed by atoms with E-state index in [0.29, 0.717) is 6.54 Å². The molecule has 0 saturated heterocycles. The second kappa shape index (κ2) is 7.93. The van der Waals surface area contributed by atoms with Gasteiger partial charge in [-0.25, -0.2) is 8.78 Å². The summed E-state index contributed by atoms with van der Waals surface area (Å²) in [7, 11) is 3.85. The van der Waals surface area contributed by atoms with Crippen molar-refractivity contribution in [2.75, 3.05) is 38.6 Å². The van der Waals surface area contributed by atoms with Gasteiger partial charge in [0.25, 0.3) is 0 Å². The molecule has 0 aliphatic heterocycles. The van der Waals surface area contributed by atoms with Crippen molar-refractivity contribution in [3.05, 3.63) is 29.8 Å². The van der Waals surface area contributed by atoms with Crippen LogP contribution in [0.5, 0.6) is 0 Å². The lowest BCUT2D eigenvalue weighted by molar-refractivity contribution is -0.140. The Morgan fingerprint density at radius 3 is 2.52 bits per heavy atom. The number of hydrogen-bond acceptors (Lipinski definition) is 3. The van der Waals surface area contributed by atoms with Crippen LogP contribution in [0, 0.1) is 17.6 Å². The van der Waals surface area contributed by atoms with Gasteiger partial charge in [0, 0.05) is 19.2 Å². The average molecular weight is 300 g/mol. The zero-order chi connectivity index (χ0) is 16.0. The van der Waals surface area contributed by atoms with Gasteiger partial charge in [0.2, 0.25) is 0 Å². The van der Waals surface area contributed by atoms with Crippen LogP contribution in [0.1, 0.15) is 13.3 Å². The molecule has 0 saturated carbocycles. The zero-order valence-electron chi connectivity index (χ0n) is 12.6. The predicted molar refractivity (Wildman–Crippen MR) is 78.5 cm³/mol. The van der Waals surface area contributed by atoms with E-state index in [0.717, 1.165) is 31.2 Å². The summed E-state index contributed by atoms with van der Waals surface area (Å²) in [6, 6.07) is 3.23. The number of benzene rings is 1. The van der Waals surface area contributed by atoms with E-state index in [1.165, 1.54) is 0 Å². The highest BCUT2D eigenvalue weighted by Gasteiger charge is 2.19. The summed E-state index contributed by atoms with van der Waals surface area (Å²) in [5, 5.41) is 9.01. The number of nitrogens with zero attached hydrogens (tertiary/aromatic N) is 2. The van der Waals surface area contributed by atoms with E-state index in [2.05, 4.69) is 0 Å².